The van der Waals surface area contributed by atoms with E-state index in [1.165, 1.54) is 17.7 Å². The van der Waals surface area contributed by atoms with E-state index in [2.05, 4.69) is 29.3 Å². The molecule has 5 nitrogen and oxygen atoms in total. The predicted molar refractivity (Wildman–Crippen MR) is 109 cm³/mol. The molecule has 146 valence electrons. The van der Waals surface area contributed by atoms with Crippen LogP contribution < -0.4 is 10.2 Å². The minimum atomic E-state index is -0.0340. The molecule has 1 aliphatic carbocycles. The molecule has 1 fully saturated rings. The number of likely N-dealkylation sites (N-methyl/N-ethyl adjacent to an activating group) is 1. The summed E-state index contributed by atoms with van der Waals surface area (Å²) in [4.78, 5) is 29.0. The monoisotopic (exact) mass is 369 g/mol. The number of rotatable bonds is 8. The average molecular weight is 370 g/mol. The highest BCUT2D eigenvalue weighted by Crippen LogP contribution is 2.36. The summed E-state index contributed by atoms with van der Waals surface area (Å²) in [5, 5.41) is 3.00. The van der Waals surface area contributed by atoms with Crippen molar-refractivity contribution >= 4 is 17.5 Å². The summed E-state index contributed by atoms with van der Waals surface area (Å²) in [7, 11) is 1.87. The fraction of sp³-hybridized carbons (Fsp3) is 0.545. The fourth-order valence-electron chi connectivity index (χ4n) is 4.28. The Balaban J connectivity index is 1.46. The lowest BCUT2D eigenvalue weighted by atomic mass is 9.88. The Bertz CT molecular complexity index is 699. The number of nitrogens with one attached hydrogen (secondary N) is 1. The smallest absolute Gasteiger partial charge is 0.250 e. The fourth-order valence-corrected chi connectivity index (χ4v) is 4.28. The number of benzene rings is 1. The maximum Gasteiger partial charge on any atom is 0.250 e. The molecule has 1 aromatic rings. The number of fused-ring (bicyclic) bond motifs is 1. The topological polar surface area (TPSA) is 52.7 Å². The van der Waals surface area contributed by atoms with Crippen molar-refractivity contribution in [1.29, 1.82) is 0 Å². The molecule has 1 heterocycles. The molecule has 0 saturated heterocycles. The summed E-state index contributed by atoms with van der Waals surface area (Å²) in [5.74, 6) is 0.0153. The molecule has 1 N–H and O–H groups in total. The van der Waals surface area contributed by atoms with E-state index < -0.39 is 0 Å². The quantitative estimate of drug-likeness (QED) is 0.717. The number of para-hydroxylation sites is 1. The van der Waals surface area contributed by atoms with Gasteiger partial charge in [-0.1, -0.05) is 24.6 Å². The van der Waals surface area contributed by atoms with Gasteiger partial charge in [-0.05, 0) is 50.3 Å². The van der Waals surface area contributed by atoms with Crippen LogP contribution >= 0.6 is 0 Å². The van der Waals surface area contributed by atoms with Gasteiger partial charge in [-0.15, -0.1) is 0 Å². The van der Waals surface area contributed by atoms with Gasteiger partial charge < -0.3 is 15.1 Å². The zero-order valence-electron chi connectivity index (χ0n) is 16.5. The second-order valence-corrected chi connectivity index (χ2v) is 7.48. The van der Waals surface area contributed by atoms with Crippen LogP contribution in [0.5, 0.6) is 0 Å². The van der Waals surface area contributed by atoms with E-state index in [1.54, 1.807) is 0 Å². The third-order valence-electron chi connectivity index (χ3n) is 5.78. The van der Waals surface area contributed by atoms with Crippen LogP contribution in [0, 0.1) is 0 Å². The number of hydrogen-bond donors (Lipinski definition) is 1. The summed E-state index contributed by atoms with van der Waals surface area (Å²) >= 11 is 0. The third kappa shape index (κ3) is 4.52. The first-order valence-corrected chi connectivity index (χ1v) is 10.2. The van der Waals surface area contributed by atoms with Gasteiger partial charge in [0.05, 0.1) is 12.5 Å². The van der Waals surface area contributed by atoms with E-state index in [0.29, 0.717) is 6.54 Å². The van der Waals surface area contributed by atoms with E-state index in [4.69, 9.17) is 0 Å². The number of carbonyl (C=O) groups is 2. The van der Waals surface area contributed by atoms with Gasteiger partial charge in [0.2, 0.25) is 5.91 Å². The molecule has 0 radical (unpaired) electrons. The lowest BCUT2D eigenvalue weighted by molar-refractivity contribution is -0.127. The van der Waals surface area contributed by atoms with Crippen molar-refractivity contribution in [3.8, 4) is 0 Å². The molecule has 5 heteroatoms. The zero-order chi connectivity index (χ0) is 19.2. The average Bonchev–Trinajstić information content (AvgIpc) is 2.94. The van der Waals surface area contributed by atoms with E-state index in [-0.39, 0.29) is 24.3 Å². The van der Waals surface area contributed by atoms with Crippen LogP contribution in [0.4, 0.5) is 5.69 Å². The maximum atomic E-state index is 12.5. The standard InChI is InChI=1S/C22H31N3O2/c1-3-25(17-10-5-4-6-11-17)15-9-14-23-21(26)16-19-18-12-7-8-13-20(18)24(2)22(19)27/h4-6,10-11,20H,3,7-9,12-16H2,1-2H3,(H,23,26). The highest BCUT2D eigenvalue weighted by molar-refractivity contribution is 6.02. The van der Waals surface area contributed by atoms with Gasteiger partial charge >= 0.3 is 0 Å². The summed E-state index contributed by atoms with van der Waals surface area (Å²) in [6.45, 7) is 4.62. The molecule has 0 bridgehead atoms. The Morgan fingerprint density at radius 1 is 1.26 bits per heavy atom. The van der Waals surface area contributed by atoms with E-state index in [9.17, 15) is 9.59 Å². The molecule has 2 amide bonds. The Kier molecular flexibility index (Phi) is 6.54. The first kappa shape index (κ1) is 19.5. The third-order valence-corrected chi connectivity index (χ3v) is 5.78. The molecule has 1 atom stereocenters. The molecule has 3 rings (SSSR count). The Hall–Kier alpha value is -2.30. The number of hydrogen-bond acceptors (Lipinski definition) is 3. The Labute approximate surface area is 162 Å². The van der Waals surface area contributed by atoms with Crippen LogP contribution in [0.3, 0.4) is 0 Å². The minimum Gasteiger partial charge on any atom is -0.372 e. The first-order valence-electron chi connectivity index (χ1n) is 10.2. The van der Waals surface area contributed by atoms with Crippen molar-refractivity contribution in [3.05, 3.63) is 41.5 Å². The number of nitrogens with zero attached hydrogens (tertiary/aromatic N) is 2. The zero-order valence-corrected chi connectivity index (χ0v) is 16.5. The Morgan fingerprint density at radius 2 is 2.04 bits per heavy atom. The van der Waals surface area contributed by atoms with Crippen LogP contribution in [-0.4, -0.2) is 49.4 Å². The molecule has 0 aromatic heterocycles. The van der Waals surface area contributed by atoms with Crippen molar-refractivity contribution in [2.75, 3.05) is 31.6 Å². The second-order valence-electron chi connectivity index (χ2n) is 7.48. The summed E-state index contributed by atoms with van der Waals surface area (Å²) in [6, 6.07) is 10.6. The summed E-state index contributed by atoms with van der Waals surface area (Å²) in [6.07, 6.45) is 5.41. The van der Waals surface area contributed by atoms with Gasteiger partial charge in [0, 0.05) is 37.9 Å². The second kappa shape index (κ2) is 9.07. The van der Waals surface area contributed by atoms with Crippen LogP contribution in [0.25, 0.3) is 0 Å². The molecule has 1 aromatic carbocycles. The lowest BCUT2D eigenvalue weighted by Gasteiger charge is -2.26. The van der Waals surface area contributed by atoms with Crippen LogP contribution in [0.2, 0.25) is 0 Å². The SMILES string of the molecule is CCN(CCCNC(=O)CC1=C2CCCCC2N(C)C1=O)c1ccccc1. The number of amides is 2. The molecule has 0 spiro atoms. The highest BCUT2D eigenvalue weighted by Gasteiger charge is 2.38. The van der Waals surface area contributed by atoms with Crippen LogP contribution in [0.1, 0.15) is 45.4 Å². The predicted octanol–water partition coefficient (Wildman–Crippen LogP) is 3.12. The van der Waals surface area contributed by atoms with Crippen molar-refractivity contribution in [3.63, 3.8) is 0 Å². The van der Waals surface area contributed by atoms with Crippen molar-refractivity contribution in [2.24, 2.45) is 0 Å². The largest absolute Gasteiger partial charge is 0.372 e. The minimum absolute atomic E-state index is 0.0340. The van der Waals surface area contributed by atoms with E-state index in [1.807, 2.05) is 30.1 Å². The summed E-state index contributed by atoms with van der Waals surface area (Å²) < 4.78 is 0. The molecule has 27 heavy (non-hydrogen) atoms. The van der Waals surface area contributed by atoms with Gasteiger partial charge in [-0.3, -0.25) is 9.59 Å². The normalized spacial score (nSPS) is 19.3. The van der Waals surface area contributed by atoms with Gasteiger partial charge in [0.1, 0.15) is 0 Å². The number of carbonyl (C=O) groups excluding carboxylic acids is 2. The Morgan fingerprint density at radius 3 is 2.78 bits per heavy atom. The van der Waals surface area contributed by atoms with E-state index >= 15 is 0 Å². The van der Waals surface area contributed by atoms with Gasteiger partial charge in [-0.25, -0.2) is 0 Å². The summed E-state index contributed by atoms with van der Waals surface area (Å²) in [5.41, 5.74) is 3.17. The molecule has 2 aliphatic rings. The maximum absolute atomic E-state index is 12.5. The molecular formula is C22H31N3O2. The van der Waals surface area contributed by atoms with Crippen molar-refractivity contribution in [1.82, 2.24) is 10.2 Å². The van der Waals surface area contributed by atoms with Crippen LogP contribution in [0.15, 0.2) is 41.5 Å². The van der Waals surface area contributed by atoms with Gasteiger partial charge in [-0.2, -0.15) is 0 Å². The van der Waals surface area contributed by atoms with Crippen molar-refractivity contribution in [2.45, 2.75) is 51.5 Å². The number of anilines is 1. The molecule has 1 saturated carbocycles. The van der Waals surface area contributed by atoms with Crippen molar-refractivity contribution < 1.29 is 9.59 Å². The van der Waals surface area contributed by atoms with Gasteiger partial charge in [0.15, 0.2) is 0 Å². The van der Waals surface area contributed by atoms with Gasteiger partial charge in [0.25, 0.3) is 5.91 Å². The van der Waals surface area contributed by atoms with Crippen LogP contribution in [-0.2, 0) is 9.59 Å². The lowest BCUT2D eigenvalue weighted by Crippen LogP contribution is -2.33. The van der Waals surface area contributed by atoms with E-state index in [0.717, 1.165) is 44.3 Å². The molecule has 1 aliphatic heterocycles. The first-order chi connectivity index (χ1) is 13.1. The highest BCUT2D eigenvalue weighted by atomic mass is 16.2. The molecule has 1 unspecified atom stereocenters. The molecular weight excluding hydrogens is 338 g/mol.